The van der Waals surface area contributed by atoms with Gasteiger partial charge in [0.15, 0.2) is 0 Å². The Balaban J connectivity index is 3.09. The molecule has 13 heavy (non-hydrogen) atoms. The molecule has 1 rings (SSSR count). The zero-order valence-corrected chi connectivity index (χ0v) is 8.24. The number of rotatable bonds is 2. The Kier molecular flexibility index (Phi) is 3.11. The zero-order chi connectivity index (χ0) is 10.1. The maximum absolute atomic E-state index is 10.8. The van der Waals surface area contributed by atoms with Crippen LogP contribution < -0.4 is 5.73 Å². The molecule has 1 atom stereocenters. The van der Waals surface area contributed by atoms with E-state index < -0.39 is 13.4 Å². The second kappa shape index (κ2) is 3.78. The minimum Gasteiger partial charge on any atom is -0.323 e. The van der Waals surface area contributed by atoms with Gasteiger partial charge in [-0.2, -0.15) is 0 Å². The van der Waals surface area contributed by atoms with E-state index in [1.165, 1.54) is 12.1 Å². The molecule has 6 heteroatoms. The van der Waals surface area contributed by atoms with E-state index in [9.17, 15) is 4.57 Å². The van der Waals surface area contributed by atoms with Crippen molar-refractivity contribution in [2.24, 2.45) is 5.73 Å². The highest BCUT2D eigenvalue weighted by Gasteiger charge is 2.27. The zero-order valence-electron chi connectivity index (χ0n) is 6.59. The smallest absolute Gasteiger partial charge is 0.323 e. The van der Waals surface area contributed by atoms with E-state index in [-0.39, 0.29) is 10.6 Å². The number of benzene rings is 1. The van der Waals surface area contributed by atoms with Crippen LogP contribution in [0.15, 0.2) is 24.3 Å². The molecule has 0 amide bonds. The van der Waals surface area contributed by atoms with Crippen LogP contribution >= 0.6 is 19.2 Å². The molecule has 0 aliphatic carbocycles. The Hall–Kier alpha value is -0.380. The van der Waals surface area contributed by atoms with E-state index in [2.05, 4.69) is 0 Å². The van der Waals surface area contributed by atoms with Gasteiger partial charge in [-0.3, -0.25) is 4.57 Å². The molecule has 0 bridgehead atoms. The van der Waals surface area contributed by atoms with Crippen molar-refractivity contribution >= 4 is 19.2 Å². The second-order valence-corrected chi connectivity index (χ2v) is 4.70. The van der Waals surface area contributed by atoms with Crippen LogP contribution in [0.2, 0.25) is 5.02 Å². The van der Waals surface area contributed by atoms with Gasteiger partial charge in [-0.05, 0) is 11.6 Å². The summed E-state index contributed by atoms with van der Waals surface area (Å²) in [5, 5.41) is 0.262. The summed E-state index contributed by atoms with van der Waals surface area (Å²) in [4.78, 5) is 17.6. The van der Waals surface area contributed by atoms with Crippen molar-refractivity contribution in [1.82, 2.24) is 0 Å². The van der Waals surface area contributed by atoms with Gasteiger partial charge in [0.1, 0.15) is 5.78 Å². The molecule has 0 saturated carbocycles. The van der Waals surface area contributed by atoms with Crippen LogP contribution in [0, 0.1) is 0 Å². The average molecular weight is 222 g/mol. The van der Waals surface area contributed by atoms with Crippen molar-refractivity contribution in [2.45, 2.75) is 5.78 Å². The van der Waals surface area contributed by atoms with Gasteiger partial charge >= 0.3 is 7.60 Å². The van der Waals surface area contributed by atoms with Crippen LogP contribution in [0.5, 0.6) is 0 Å². The molecule has 0 saturated heterocycles. The molecule has 0 radical (unpaired) electrons. The lowest BCUT2D eigenvalue weighted by molar-refractivity contribution is 0.359. The summed E-state index contributed by atoms with van der Waals surface area (Å²) in [5.74, 6) is -1.35. The molecule has 1 aromatic carbocycles. The van der Waals surface area contributed by atoms with Gasteiger partial charge in [-0.1, -0.05) is 29.8 Å². The van der Waals surface area contributed by atoms with Crippen LogP contribution in [0.1, 0.15) is 11.3 Å². The molecule has 4 N–H and O–H groups in total. The minimum atomic E-state index is -4.31. The highest BCUT2D eigenvalue weighted by atomic mass is 35.5. The summed E-state index contributed by atoms with van der Waals surface area (Å²) in [7, 11) is -4.31. The molecule has 0 aliphatic rings. The summed E-state index contributed by atoms with van der Waals surface area (Å²) in [6, 6.07) is 6.31. The molecule has 4 nitrogen and oxygen atoms in total. The number of hydrogen-bond donors (Lipinski definition) is 3. The van der Waals surface area contributed by atoms with Crippen molar-refractivity contribution in [1.29, 1.82) is 0 Å². The van der Waals surface area contributed by atoms with Crippen LogP contribution in [0.25, 0.3) is 0 Å². The summed E-state index contributed by atoms with van der Waals surface area (Å²) < 4.78 is 10.8. The predicted octanol–water partition coefficient (Wildman–Crippen LogP) is 1.47. The number of hydrogen-bond acceptors (Lipinski definition) is 2. The molecule has 0 unspecified atom stereocenters. The Morgan fingerprint density at radius 1 is 1.38 bits per heavy atom. The van der Waals surface area contributed by atoms with Gasteiger partial charge in [-0.25, -0.2) is 0 Å². The summed E-state index contributed by atoms with van der Waals surface area (Å²) in [5.41, 5.74) is 5.59. The second-order valence-electron chi connectivity index (χ2n) is 2.56. The van der Waals surface area contributed by atoms with Crippen LogP contribution in [0.4, 0.5) is 0 Å². The Morgan fingerprint density at radius 3 is 2.38 bits per heavy atom. The molecule has 0 fully saturated rings. The van der Waals surface area contributed by atoms with Crippen LogP contribution in [-0.2, 0) is 4.57 Å². The van der Waals surface area contributed by atoms with Gasteiger partial charge in [0, 0.05) is 5.02 Å². The SMILES string of the molecule is N[C@@H](c1ccccc1Cl)P(=O)(O)O. The summed E-state index contributed by atoms with van der Waals surface area (Å²) >= 11 is 5.70. The predicted molar refractivity (Wildman–Crippen MR) is 50.4 cm³/mol. The van der Waals surface area contributed by atoms with Crippen molar-refractivity contribution < 1.29 is 14.4 Å². The fourth-order valence-corrected chi connectivity index (χ4v) is 1.81. The highest BCUT2D eigenvalue weighted by molar-refractivity contribution is 7.52. The maximum atomic E-state index is 10.8. The topological polar surface area (TPSA) is 83.6 Å². The van der Waals surface area contributed by atoms with Crippen molar-refractivity contribution in [2.75, 3.05) is 0 Å². The van der Waals surface area contributed by atoms with E-state index >= 15 is 0 Å². The largest absolute Gasteiger partial charge is 0.346 e. The van der Waals surface area contributed by atoms with E-state index in [1.807, 2.05) is 0 Å². The lowest BCUT2D eigenvalue weighted by Gasteiger charge is -2.14. The van der Waals surface area contributed by atoms with Crippen LogP contribution in [0.3, 0.4) is 0 Å². The fourth-order valence-electron chi connectivity index (χ4n) is 0.896. The quantitative estimate of drug-likeness (QED) is 0.661. The third-order valence-electron chi connectivity index (χ3n) is 1.59. The van der Waals surface area contributed by atoms with E-state index in [1.54, 1.807) is 12.1 Å². The molecule has 0 heterocycles. The van der Waals surface area contributed by atoms with Crippen molar-refractivity contribution in [3.63, 3.8) is 0 Å². The molecule has 0 spiro atoms. The van der Waals surface area contributed by atoms with Crippen LogP contribution in [-0.4, -0.2) is 9.79 Å². The van der Waals surface area contributed by atoms with Crippen molar-refractivity contribution in [3.05, 3.63) is 34.9 Å². The van der Waals surface area contributed by atoms with Gasteiger partial charge in [0.25, 0.3) is 0 Å². The monoisotopic (exact) mass is 221 g/mol. The third kappa shape index (κ3) is 2.53. The average Bonchev–Trinajstić information content (AvgIpc) is 2.02. The Morgan fingerprint density at radius 2 is 1.92 bits per heavy atom. The first-order valence-electron chi connectivity index (χ1n) is 3.48. The molecule has 0 aromatic heterocycles. The van der Waals surface area contributed by atoms with Gasteiger partial charge in [-0.15, -0.1) is 0 Å². The lowest BCUT2D eigenvalue weighted by atomic mass is 10.2. The normalized spacial score (nSPS) is 14.2. The van der Waals surface area contributed by atoms with E-state index in [4.69, 9.17) is 27.1 Å². The van der Waals surface area contributed by atoms with Crippen molar-refractivity contribution in [3.8, 4) is 0 Å². The molecule has 1 aromatic rings. The van der Waals surface area contributed by atoms with E-state index in [0.717, 1.165) is 0 Å². The molecule has 72 valence electrons. The first-order chi connectivity index (χ1) is 5.93. The Bertz CT molecular complexity index is 351. The maximum Gasteiger partial charge on any atom is 0.346 e. The number of nitrogens with two attached hydrogens (primary N) is 1. The number of halogens is 1. The molecular weight excluding hydrogens is 213 g/mol. The van der Waals surface area contributed by atoms with Gasteiger partial charge in [0.05, 0.1) is 0 Å². The van der Waals surface area contributed by atoms with Gasteiger partial charge < -0.3 is 15.5 Å². The first kappa shape index (κ1) is 10.7. The minimum absolute atomic E-state index is 0.262. The highest BCUT2D eigenvalue weighted by Crippen LogP contribution is 2.49. The summed E-state index contributed by atoms with van der Waals surface area (Å²) in [6.45, 7) is 0. The van der Waals surface area contributed by atoms with E-state index in [0.29, 0.717) is 0 Å². The first-order valence-corrected chi connectivity index (χ1v) is 5.54. The standard InChI is InChI=1S/C7H9ClNO3P/c8-6-4-2-1-3-5(6)7(9)13(10,11)12/h1-4,7H,9H2,(H2,10,11,12)/t7-/m1/s1. The fraction of sp³-hybridized carbons (Fsp3) is 0.143. The lowest BCUT2D eigenvalue weighted by Crippen LogP contribution is -2.10. The van der Waals surface area contributed by atoms with Gasteiger partial charge in [0.2, 0.25) is 0 Å². The molecular formula is C7H9ClNO3P. The summed E-state index contributed by atoms with van der Waals surface area (Å²) in [6.07, 6.45) is 0. The molecule has 0 aliphatic heterocycles. The Labute approximate surface area is 80.5 Å². The third-order valence-corrected chi connectivity index (χ3v) is 2.93.